The van der Waals surface area contributed by atoms with Crippen molar-refractivity contribution >= 4 is 29.1 Å². The van der Waals surface area contributed by atoms with Crippen LogP contribution in [0.5, 0.6) is 0 Å². The molecule has 0 saturated heterocycles. The quantitative estimate of drug-likeness (QED) is 0.508. The van der Waals surface area contributed by atoms with E-state index in [-0.39, 0.29) is 5.91 Å². The van der Waals surface area contributed by atoms with Crippen molar-refractivity contribution in [3.05, 3.63) is 89.0 Å². The number of benzene rings is 3. The molecule has 0 aliphatic carbocycles. The van der Waals surface area contributed by atoms with Gasteiger partial charge in [0.05, 0.1) is 5.69 Å². The number of carbonyl (C=O) groups excluding carboxylic acids is 1. The van der Waals surface area contributed by atoms with Crippen LogP contribution >= 0.6 is 11.8 Å². The Labute approximate surface area is 181 Å². The van der Waals surface area contributed by atoms with Gasteiger partial charge in [0.25, 0.3) is 5.91 Å². The maximum Gasteiger partial charge on any atom is 0.254 e. The maximum absolute atomic E-state index is 13.3. The van der Waals surface area contributed by atoms with Gasteiger partial charge in [-0.15, -0.1) is 0 Å². The van der Waals surface area contributed by atoms with E-state index in [0.717, 1.165) is 47.7 Å². The largest absolute Gasteiger partial charge is 0.334 e. The van der Waals surface area contributed by atoms with Gasteiger partial charge in [0.1, 0.15) is 0 Å². The first-order chi connectivity index (χ1) is 14.7. The van der Waals surface area contributed by atoms with Gasteiger partial charge in [-0.25, -0.2) is 0 Å². The standard InChI is InChI=1S/C26H24N2OS/c1-2-7-22-21-10-5-6-11-24(21)30-25-13-12-19(16-23(25)27-22)26(29)28-15-14-18-8-3-4-9-20(18)17-28/h3-6,8-13,16H,2,7,14-15,17H2,1H3. The molecule has 30 heavy (non-hydrogen) atoms. The molecule has 3 aromatic rings. The molecule has 0 atom stereocenters. The van der Waals surface area contributed by atoms with Crippen molar-refractivity contribution in [2.45, 2.75) is 42.5 Å². The monoisotopic (exact) mass is 412 g/mol. The Morgan fingerprint density at radius 2 is 1.80 bits per heavy atom. The van der Waals surface area contributed by atoms with E-state index in [1.54, 1.807) is 11.8 Å². The molecule has 0 radical (unpaired) electrons. The second-order valence-corrected chi connectivity index (χ2v) is 8.92. The zero-order valence-electron chi connectivity index (χ0n) is 17.1. The van der Waals surface area contributed by atoms with Crippen molar-refractivity contribution in [2.24, 2.45) is 4.99 Å². The van der Waals surface area contributed by atoms with Gasteiger partial charge in [-0.1, -0.05) is 67.6 Å². The third kappa shape index (κ3) is 3.56. The molecule has 0 spiro atoms. The second-order valence-electron chi connectivity index (χ2n) is 7.83. The zero-order valence-corrected chi connectivity index (χ0v) is 17.9. The lowest BCUT2D eigenvalue weighted by atomic mass is 9.99. The molecule has 1 amide bonds. The molecule has 0 saturated carbocycles. The van der Waals surface area contributed by atoms with Crippen molar-refractivity contribution in [3.63, 3.8) is 0 Å². The van der Waals surface area contributed by atoms with Crippen LogP contribution in [0, 0.1) is 0 Å². The Morgan fingerprint density at radius 1 is 1.00 bits per heavy atom. The molecular formula is C26H24N2OS. The smallest absolute Gasteiger partial charge is 0.254 e. The second kappa shape index (κ2) is 8.11. The Kier molecular flexibility index (Phi) is 5.17. The van der Waals surface area contributed by atoms with E-state index in [0.29, 0.717) is 6.54 Å². The minimum absolute atomic E-state index is 0.0892. The lowest BCUT2D eigenvalue weighted by Gasteiger charge is -2.29. The summed E-state index contributed by atoms with van der Waals surface area (Å²) in [6, 6.07) is 22.9. The molecule has 3 aromatic carbocycles. The van der Waals surface area contributed by atoms with E-state index in [4.69, 9.17) is 4.99 Å². The minimum atomic E-state index is 0.0892. The van der Waals surface area contributed by atoms with Crippen molar-refractivity contribution in [1.29, 1.82) is 0 Å². The Bertz CT molecular complexity index is 1150. The Balaban J connectivity index is 1.48. The molecule has 4 heteroatoms. The molecule has 0 aromatic heterocycles. The molecule has 0 fully saturated rings. The van der Waals surface area contributed by atoms with Crippen LogP contribution in [0.1, 0.15) is 46.8 Å². The first-order valence-electron chi connectivity index (χ1n) is 10.6. The number of hydrogen-bond acceptors (Lipinski definition) is 3. The fraction of sp³-hybridized carbons (Fsp3) is 0.231. The summed E-state index contributed by atoms with van der Waals surface area (Å²) in [4.78, 5) is 22.6. The van der Waals surface area contributed by atoms with Crippen LogP contribution in [0.25, 0.3) is 0 Å². The highest BCUT2D eigenvalue weighted by molar-refractivity contribution is 7.99. The van der Waals surface area contributed by atoms with Gasteiger partial charge in [-0.05, 0) is 48.2 Å². The van der Waals surface area contributed by atoms with Crippen LogP contribution in [-0.2, 0) is 13.0 Å². The minimum Gasteiger partial charge on any atom is -0.334 e. The summed E-state index contributed by atoms with van der Waals surface area (Å²) in [6.45, 7) is 3.62. The summed E-state index contributed by atoms with van der Waals surface area (Å²) >= 11 is 1.74. The van der Waals surface area contributed by atoms with E-state index in [2.05, 4.69) is 55.5 Å². The number of nitrogens with zero attached hydrogens (tertiary/aromatic N) is 2. The molecule has 2 aliphatic heterocycles. The number of amides is 1. The van der Waals surface area contributed by atoms with E-state index in [9.17, 15) is 4.79 Å². The van der Waals surface area contributed by atoms with Crippen LogP contribution in [0.2, 0.25) is 0 Å². The highest BCUT2D eigenvalue weighted by Crippen LogP contribution is 2.41. The van der Waals surface area contributed by atoms with E-state index in [1.165, 1.54) is 21.6 Å². The fourth-order valence-electron chi connectivity index (χ4n) is 4.22. The topological polar surface area (TPSA) is 32.7 Å². The van der Waals surface area contributed by atoms with Gasteiger partial charge < -0.3 is 4.90 Å². The summed E-state index contributed by atoms with van der Waals surface area (Å²) < 4.78 is 0. The van der Waals surface area contributed by atoms with Gasteiger partial charge in [-0.2, -0.15) is 0 Å². The molecule has 3 nitrogen and oxygen atoms in total. The Morgan fingerprint density at radius 3 is 2.67 bits per heavy atom. The van der Waals surface area contributed by atoms with Crippen LogP contribution in [0.15, 0.2) is 81.5 Å². The molecule has 2 heterocycles. The van der Waals surface area contributed by atoms with Crippen molar-refractivity contribution < 1.29 is 4.79 Å². The molecule has 0 bridgehead atoms. The lowest BCUT2D eigenvalue weighted by molar-refractivity contribution is 0.0734. The van der Waals surface area contributed by atoms with Gasteiger partial charge in [0, 0.05) is 39.7 Å². The predicted octanol–water partition coefficient (Wildman–Crippen LogP) is 6.27. The van der Waals surface area contributed by atoms with Crippen LogP contribution < -0.4 is 0 Å². The number of carbonyl (C=O) groups is 1. The first kappa shape index (κ1) is 19.1. The highest BCUT2D eigenvalue weighted by Gasteiger charge is 2.23. The number of fused-ring (bicyclic) bond motifs is 3. The van der Waals surface area contributed by atoms with Crippen molar-refractivity contribution in [3.8, 4) is 0 Å². The normalized spacial score (nSPS) is 14.8. The van der Waals surface area contributed by atoms with Crippen LogP contribution in [0.4, 0.5) is 5.69 Å². The molecule has 0 N–H and O–H groups in total. The SMILES string of the molecule is CCCC1=Nc2cc(C(=O)N3CCc4ccccc4C3)ccc2Sc2ccccc21. The van der Waals surface area contributed by atoms with E-state index in [1.807, 2.05) is 23.1 Å². The summed E-state index contributed by atoms with van der Waals surface area (Å²) in [5.41, 5.74) is 6.55. The summed E-state index contributed by atoms with van der Waals surface area (Å²) in [7, 11) is 0. The molecular weight excluding hydrogens is 388 g/mol. The zero-order chi connectivity index (χ0) is 20.5. The third-order valence-electron chi connectivity index (χ3n) is 5.78. The van der Waals surface area contributed by atoms with Crippen LogP contribution in [0.3, 0.4) is 0 Å². The van der Waals surface area contributed by atoms with Gasteiger partial charge in [0.15, 0.2) is 0 Å². The number of rotatable bonds is 3. The van der Waals surface area contributed by atoms with Gasteiger partial charge in [0.2, 0.25) is 0 Å². The van der Waals surface area contributed by atoms with Crippen molar-refractivity contribution in [1.82, 2.24) is 4.90 Å². The van der Waals surface area contributed by atoms with E-state index < -0.39 is 0 Å². The number of aliphatic imine (C=N–C) groups is 1. The summed E-state index contributed by atoms with van der Waals surface area (Å²) in [5, 5.41) is 0. The maximum atomic E-state index is 13.3. The fourth-order valence-corrected chi connectivity index (χ4v) is 5.25. The molecule has 0 unspecified atom stereocenters. The van der Waals surface area contributed by atoms with Gasteiger partial charge in [-0.3, -0.25) is 9.79 Å². The summed E-state index contributed by atoms with van der Waals surface area (Å²) in [5.74, 6) is 0.0892. The third-order valence-corrected chi connectivity index (χ3v) is 6.92. The molecule has 150 valence electrons. The Hall–Kier alpha value is -2.85. The first-order valence-corrected chi connectivity index (χ1v) is 11.4. The number of hydrogen-bond donors (Lipinski definition) is 0. The highest BCUT2D eigenvalue weighted by atomic mass is 32.2. The van der Waals surface area contributed by atoms with Crippen molar-refractivity contribution in [2.75, 3.05) is 6.54 Å². The van der Waals surface area contributed by atoms with Gasteiger partial charge >= 0.3 is 0 Å². The van der Waals surface area contributed by atoms with E-state index >= 15 is 0 Å². The summed E-state index contributed by atoms with van der Waals surface area (Å²) in [6.07, 6.45) is 2.88. The average Bonchev–Trinajstić information content (AvgIpc) is 2.94. The predicted molar refractivity (Wildman–Crippen MR) is 123 cm³/mol. The van der Waals surface area contributed by atoms with Crippen LogP contribution in [-0.4, -0.2) is 23.1 Å². The average molecular weight is 413 g/mol. The lowest BCUT2D eigenvalue weighted by Crippen LogP contribution is -2.35. The molecule has 5 rings (SSSR count). The molecule has 2 aliphatic rings.